The molecule has 1 aliphatic heterocycles. The predicted molar refractivity (Wildman–Crippen MR) is 90.3 cm³/mol. The number of nitrogens with zero attached hydrogens (tertiary/aromatic N) is 1. The summed E-state index contributed by atoms with van der Waals surface area (Å²) in [6.45, 7) is 2.86. The molecule has 0 unspecified atom stereocenters. The normalized spacial score (nSPS) is 14.0. The van der Waals surface area contributed by atoms with Crippen molar-refractivity contribution in [3.63, 3.8) is 0 Å². The Morgan fingerprint density at radius 1 is 1.00 bits per heavy atom. The summed E-state index contributed by atoms with van der Waals surface area (Å²) in [6.07, 6.45) is 3.33. The van der Waals surface area contributed by atoms with E-state index in [1.165, 1.54) is 48.4 Å². The molecular formula is C19H21FN2O. The van der Waals surface area contributed by atoms with Gasteiger partial charge in [-0.3, -0.25) is 4.79 Å². The summed E-state index contributed by atoms with van der Waals surface area (Å²) in [5, 5.41) is 2.86. The topological polar surface area (TPSA) is 32.3 Å². The molecule has 0 radical (unpaired) electrons. The summed E-state index contributed by atoms with van der Waals surface area (Å²) in [5.74, 6) is -0.502. The van der Waals surface area contributed by atoms with E-state index in [9.17, 15) is 9.18 Å². The number of anilines is 1. The highest BCUT2D eigenvalue weighted by atomic mass is 19.1. The summed E-state index contributed by atoms with van der Waals surface area (Å²) in [4.78, 5) is 14.3. The monoisotopic (exact) mass is 312 g/mol. The lowest BCUT2D eigenvalue weighted by Crippen LogP contribution is -2.25. The molecule has 23 heavy (non-hydrogen) atoms. The number of nitrogens with one attached hydrogen (secondary N) is 1. The van der Waals surface area contributed by atoms with Crippen LogP contribution in [0.3, 0.4) is 0 Å². The van der Waals surface area contributed by atoms with Crippen molar-refractivity contribution in [2.24, 2.45) is 0 Å². The van der Waals surface area contributed by atoms with Crippen molar-refractivity contribution < 1.29 is 9.18 Å². The zero-order chi connectivity index (χ0) is 16.1. The maximum Gasteiger partial charge on any atom is 0.251 e. The molecule has 2 aromatic carbocycles. The highest BCUT2D eigenvalue weighted by molar-refractivity contribution is 5.94. The van der Waals surface area contributed by atoms with E-state index in [0.717, 1.165) is 19.5 Å². The summed E-state index contributed by atoms with van der Waals surface area (Å²) >= 11 is 0. The van der Waals surface area contributed by atoms with Gasteiger partial charge in [0.05, 0.1) is 0 Å². The van der Waals surface area contributed by atoms with E-state index in [-0.39, 0.29) is 11.7 Å². The molecule has 0 saturated carbocycles. The van der Waals surface area contributed by atoms with E-state index in [1.807, 2.05) is 0 Å². The number of benzene rings is 2. The van der Waals surface area contributed by atoms with Crippen LogP contribution in [-0.2, 0) is 6.42 Å². The Hall–Kier alpha value is -2.36. The number of hydrogen-bond acceptors (Lipinski definition) is 2. The zero-order valence-corrected chi connectivity index (χ0v) is 13.1. The Labute approximate surface area is 136 Å². The molecule has 2 aromatic rings. The molecule has 3 rings (SSSR count). The van der Waals surface area contributed by atoms with E-state index in [2.05, 4.69) is 34.5 Å². The van der Waals surface area contributed by atoms with Crippen LogP contribution in [0.25, 0.3) is 0 Å². The van der Waals surface area contributed by atoms with Crippen molar-refractivity contribution in [1.82, 2.24) is 5.32 Å². The zero-order valence-electron chi connectivity index (χ0n) is 13.1. The van der Waals surface area contributed by atoms with E-state index in [4.69, 9.17) is 0 Å². The third kappa shape index (κ3) is 4.09. The number of carbonyl (C=O) groups is 1. The van der Waals surface area contributed by atoms with Crippen LogP contribution in [-0.4, -0.2) is 25.5 Å². The van der Waals surface area contributed by atoms with Gasteiger partial charge in [0, 0.05) is 30.9 Å². The quantitative estimate of drug-likeness (QED) is 0.918. The van der Waals surface area contributed by atoms with Gasteiger partial charge in [0.2, 0.25) is 0 Å². The molecule has 0 aromatic heterocycles. The van der Waals surface area contributed by atoms with Gasteiger partial charge in [0.1, 0.15) is 5.82 Å². The van der Waals surface area contributed by atoms with Crippen molar-refractivity contribution in [2.45, 2.75) is 19.3 Å². The maximum absolute atomic E-state index is 12.8. The van der Waals surface area contributed by atoms with Gasteiger partial charge in [0.15, 0.2) is 0 Å². The van der Waals surface area contributed by atoms with Crippen LogP contribution in [0.5, 0.6) is 0 Å². The Morgan fingerprint density at radius 3 is 2.30 bits per heavy atom. The van der Waals surface area contributed by atoms with Gasteiger partial charge < -0.3 is 10.2 Å². The van der Waals surface area contributed by atoms with Crippen LogP contribution in [0.2, 0.25) is 0 Å². The van der Waals surface area contributed by atoms with Gasteiger partial charge in [-0.1, -0.05) is 12.1 Å². The minimum Gasteiger partial charge on any atom is -0.372 e. The third-order valence-corrected chi connectivity index (χ3v) is 4.21. The van der Waals surface area contributed by atoms with Gasteiger partial charge in [0.25, 0.3) is 5.91 Å². The highest BCUT2D eigenvalue weighted by Gasteiger charge is 2.11. The first-order valence-corrected chi connectivity index (χ1v) is 8.10. The average Bonchev–Trinajstić information content (AvgIpc) is 3.10. The Bertz CT molecular complexity index is 646. The van der Waals surface area contributed by atoms with Gasteiger partial charge in [-0.2, -0.15) is 0 Å². The standard InChI is InChI=1S/C19H21FN2O/c20-17-7-5-16(6-8-17)19(23)21-12-11-15-3-9-18(10-4-15)22-13-1-2-14-22/h3-10H,1-2,11-14H2,(H,21,23). The molecule has 1 saturated heterocycles. The van der Waals surface area contributed by atoms with Crippen molar-refractivity contribution in [3.8, 4) is 0 Å². The molecule has 1 aliphatic rings. The van der Waals surface area contributed by atoms with Gasteiger partial charge in [-0.15, -0.1) is 0 Å². The second kappa shape index (κ2) is 7.27. The van der Waals surface area contributed by atoms with Crippen LogP contribution in [0.15, 0.2) is 48.5 Å². The van der Waals surface area contributed by atoms with Crippen molar-refractivity contribution in [1.29, 1.82) is 0 Å². The highest BCUT2D eigenvalue weighted by Crippen LogP contribution is 2.20. The van der Waals surface area contributed by atoms with E-state index in [1.54, 1.807) is 0 Å². The summed E-state index contributed by atoms with van der Waals surface area (Å²) in [7, 11) is 0. The van der Waals surface area contributed by atoms with E-state index in [0.29, 0.717) is 12.1 Å². The fraction of sp³-hybridized carbons (Fsp3) is 0.316. The number of amides is 1. The fourth-order valence-electron chi connectivity index (χ4n) is 2.87. The third-order valence-electron chi connectivity index (χ3n) is 4.21. The van der Waals surface area contributed by atoms with Gasteiger partial charge >= 0.3 is 0 Å². The molecule has 1 amide bonds. The lowest BCUT2D eigenvalue weighted by molar-refractivity contribution is 0.0954. The molecule has 0 aliphatic carbocycles. The molecule has 1 N–H and O–H groups in total. The first kappa shape index (κ1) is 15.5. The van der Waals surface area contributed by atoms with Crippen molar-refractivity contribution in [2.75, 3.05) is 24.5 Å². The van der Waals surface area contributed by atoms with Crippen LogP contribution in [0.1, 0.15) is 28.8 Å². The van der Waals surface area contributed by atoms with Gasteiger partial charge in [-0.25, -0.2) is 4.39 Å². The first-order valence-electron chi connectivity index (χ1n) is 8.10. The first-order chi connectivity index (χ1) is 11.2. The predicted octanol–water partition coefficient (Wildman–Crippen LogP) is 3.40. The number of halogens is 1. The SMILES string of the molecule is O=C(NCCc1ccc(N2CCCC2)cc1)c1ccc(F)cc1. The second-order valence-corrected chi connectivity index (χ2v) is 5.87. The fourth-order valence-corrected chi connectivity index (χ4v) is 2.87. The molecule has 120 valence electrons. The molecule has 0 bridgehead atoms. The molecule has 0 atom stereocenters. The summed E-state index contributed by atoms with van der Waals surface area (Å²) < 4.78 is 12.8. The lowest BCUT2D eigenvalue weighted by atomic mass is 10.1. The summed E-state index contributed by atoms with van der Waals surface area (Å²) in [6, 6.07) is 14.1. The molecule has 3 nitrogen and oxygen atoms in total. The van der Waals surface area contributed by atoms with E-state index >= 15 is 0 Å². The average molecular weight is 312 g/mol. The summed E-state index contributed by atoms with van der Waals surface area (Å²) in [5.41, 5.74) is 2.96. The smallest absolute Gasteiger partial charge is 0.251 e. The van der Waals surface area contributed by atoms with Crippen LogP contribution >= 0.6 is 0 Å². The Balaban J connectivity index is 1.48. The number of hydrogen-bond donors (Lipinski definition) is 1. The Kier molecular flexibility index (Phi) is 4.91. The molecule has 1 heterocycles. The van der Waals surface area contributed by atoms with Crippen LogP contribution in [0, 0.1) is 5.82 Å². The van der Waals surface area contributed by atoms with Crippen molar-refractivity contribution >= 4 is 11.6 Å². The lowest BCUT2D eigenvalue weighted by Gasteiger charge is -2.17. The van der Waals surface area contributed by atoms with Crippen LogP contribution in [0.4, 0.5) is 10.1 Å². The van der Waals surface area contributed by atoms with E-state index < -0.39 is 0 Å². The number of rotatable bonds is 5. The van der Waals surface area contributed by atoms with Crippen molar-refractivity contribution in [3.05, 3.63) is 65.5 Å². The maximum atomic E-state index is 12.8. The number of carbonyl (C=O) groups excluding carboxylic acids is 1. The molecule has 4 heteroatoms. The second-order valence-electron chi connectivity index (χ2n) is 5.87. The van der Waals surface area contributed by atoms with Crippen LogP contribution < -0.4 is 10.2 Å². The Morgan fingerprint density at radius 2 is 1.65 bits per heavy atom. The minimum atomic E-state index is -0.334. The largest absolute Gasteiger partial charge is 0.372 e. The minimum absolute atomic E-state index is 0.168. The molecule has 1 fully saturated rings. The molecule has 0 spiro atoms. The van der Waals surface area contributed by atoms with Gasteiger partial charge in [-0.05, 0) is 61.2 Å². The molecular weight excluding hydrogens is 291 g/mol.